The number of hydrogen-bond donors (Lipinski definition) is 1. The minimum absolute atomic E-state index is 0.0270. The molecule has 0 bridgehead atoms. The molecule has 0 saturated heterocycles. The van der Waals surface area contributed by atoms with Crippen LogP contribution in [-0.4, -0.2) is 27.3 Å². The number of furan rings is 1. The van der Waals surface area contributed by atoms with Crippen molar-refractivity contribution in [2.45, 2.75) is 32.5 Å². The van der Waals surface area contributed by atoms with Crippen molar-refractivity contribution >= 4 is 0 Å². The van der Waals surface area contributed by atoms with Crippen molar-refractivity contribution < 1.29 is 4.42 Å². The molecule has 0 fully saturated rings. The minimum Gasteiger partial charge on any atom is -0.468 e. The molecule has 2 rings (SSSR count). The van der Waals surface area contributed by atoms with E-state index in [4.69, 9.17) is 10.2 Å². The van der Waals surface area contributed by atoms with Gasteiger partial charge >= 0.3 is 0 Å². The van der Waals surface area contributed by atoms with Gasteiger partial charge in [0.1, 0.15) is 5.76 Å². The van der Waals surface area contributed by atoms with Crippen molar-refractivity contribution in [2.24, 2.45) is 12.8 Å². The molecule has 0 radical (unpaired) electrons. The topological polar surface area (TPSA) is 60.2 Å². The summed E-state index contributed by atoms with van der Waals surface area (Å²) >= 11 is 0. The van der Waals surface area contributed by atoms with Gasteiger partial charge in [0.25, 0.3) is 0 Å². The summed E-state index contributed by atoms with van der Waals surface area (Å²) in [6.07, 6.45) is 5.62. The molecule has 19 heavy (non-hydrogen) atoms. The van der Waals surface area contributed by atoms with Crippen molar-refractivity contribution in [3.63, 3.8) is 0 Å². The van der Waals surface area contributed by atoms with Crippen LogP contribution in [0.4, 0.5) is 0 Å². The Kier molecular flexibility index (Phi) is 4.39. The fourth-order valence-electron chi connectivity index (χ4n) is 2.45. The largest absolute Gasteiger partial charge is 0.468 e. The number of nitrogens with two attached hydrogens (primary N) is 1. The van der Waals surface area contributed by atoms with Crippen LogP contribution in [0.2, 0.25) is 0 Å². The first-order valence-electron chi connectivity index (χ1n) is 6.62. The number of likely N-dealkylation sites (N-methyl/N-ethyl adjacent to an activating group) is 1. The van der Waals surface area contributed by atoms with Gasteiger partial charge in [-0.25, -0.2) is 0 Å². The van der Waals surface area contributed by atoms with Crippen LogP contribution in [0.1, 0.15) is 31.2 Å². The van der Waals surface area contributed by atoms with Gasteiger partial charge in [0, 0.05) is 24.8 Å². The summed E-state index contributed by atoms with van der Waals surface area (Å²) in [5.74, 6) is 0.955. The molecule has 2 atom stereocenters. The summed E-state index contributed by atoms with van der Waals surface area (Å²) in [7, 11) is 1.92. The average molecular weight is 262 g/mol. The number of rotatable bonds is 6. The molecule has 0 saturated carbocycles. The van der Waals surface area contributed by atoms with E-state index in [9.17, 15) is 0 Å². The highest BCUT2D eigenvalue weighted by molar-refractivity contribution is 5.13. The van der Waals surface area contributed by atoms with Gasteiger partial charge in [0.15, 0.2) is 0 Å². The zero-order chi connectivity index (χ0) is 13.8. The van der Waals surface area contributed by atoms with Gasteiger partial charge in [-0.05, 0) is 25.6 Å². The number of nitrogens with zero attached hydrogens (tertiary/aromatic N) is 3. The second-order valence-corrected chi connectivity index (χ2v) is 4.89. The SMILES string of the molecule is CCN(Cc1ccco1)C(c1cnn(C)c1)C(C)N. The van der Waals surface area contributed by atoms with Gasteiger partial charge in [-0.2, -0.15) is 5.10 Å². The highest BCUT2D eigenvalue weighted by atomic mass is 16.3. The van der Waals surface area contributed by atoms with Gasteiger partial charge in [-0.3, -0.25) is 9.58 Å². The normalized spacial score (nSPS) is 14.8. The molecule has 104 valence electrons. The van der Waals surface area contributed by atoms with Crippen molar-refractivity contribution in [1.82, 2.24) is 14.7 Å². The quantitative estimate of drug-likeness (QED) is 0.864. The van der Waals surface area contributed by atoms with E-state index in [0.29, 0.717) is 0 Å². The van der Waals surface area contributed by atoms with Gasteiger partial charge in [0.05, 0.1) is 25.0 Å². The van der Waals surface area contributed by atoms with Crippen molar-refractivity contribution in [1.29, 1.82) is 0 Å². The predicted octanol–water partition coefficient (Wildman–Crippen LogP) is 1.92. The van der Waals surface area contributed by atoms with Gasteiger partial charge in [-0.1, -0.05) is 6.92 Å². The second kappa shape index (κ2) is 6.04. The molecular formula is C14H22N4O. The van der Waals surface area contributed by atoms with E-state index < -0.39 is 0 Å². The maximum absolute atomic E-state index is 6.17. The maximum atomic E-state index is 6.17. The Labute approximate surface area is 114 Å². The lowest BCUT2D eigenvalue weighted by Crippen LogP contribution is -2.39. The average Bonchev–Trinajstić information content (AvgIpc) is 3.00. The summed E-state index contributed by atoms with van der Waals surface area (Å²) in [4.78, 5) is 2.31. The van der Waals surface area contributed by atoms with E-state index in [2.05, 4.69) is 16.9 Å². The summed E-state index contributed by atoms with van der Waals surface area (Å²) < 4.78 is 7.24. The molecule has 2 aromatic heterocycles. The van der Waals surface area contributed by atoms with Gasteiger partial charge in [-0.15, -0.1) is 0 Å². The molecule has 2 unspecified atom stereocenters. The first-order valence-corrected chi connectivity index (χ1v) is 6.62. The van der Waals surface area contributed by atoms with Crippen LogP contribution < -0.4 is 5.73 Å². The molecule has 5 heteroatoms. The van der Waals surface area contributed by atoms with Crippen LogP contribution in [-0.2, 0) is 13.6 Å². The van der Waals surface area contributed by atoms with Gasteiger partial charge < -0.3 is 10.2 Å². The third-order valence-corrected chi connectivity index (χ3v) is 3.30. The molecule has 2 heterocycles. The molecular weight excluding hydrogens is 240 g/mol. The lowest BCUT2D eigenvalue weighted by atomic mass is 10.0. The molecule has 0 spiro atoms. The van der Waals surface area contributed by atoms with Gasteiger partial charge in [0.2, 0.25) is 0 Å². The fraction of sp³-hybridized carbons (Fsp3) is 0.500. The summed E-state index contributed by atoms with van der Waals surface area (Å²) in [5, 5.41) is 4.24. The minimum atomic E-state index is 0.0270. The Morgan fingerprint density at radius 3 is 2.79 bits per heavy atom. The summed E-state index contributed by atoms with van der Waals surface area (Å²) in [5.41, 5.74) is 7.32. The monoisotopic (exact) mass is 262 g/mol. The Balaban J connectivity index is 2.21. The highest BCUT2D eigenvalue weighted by Crippen LogP contribution is 2.24. The van der Waals surface area contributed by atoms with Crippen molar-refractivity contribution in [2.75, 3.05) is 6.54 Å². The Bertz CT molecular complexity index is 489. The zero-order valence-corrected chi connectivity index (χ0v) is 11.8. The molecule has 0 amide bonds. The van der Waals surface area contributed by atoms with Crippen molar-refractivity contribution in [3.05, 3.63) is 42.1 Å². The van der Waals surface area contributed by atoms with E-state index in [0.717, 1.165) is 24.4 Å². The number of aryl methyl sites for hydroxylation is 1. The van der Waals surface area contributed by atoms with Crippen molar-refractivity contribution in [3.8, 4) is 0 Å². The lowest BCUT2D eigenvalue weighted by molar-refractivity contribution is 0.164. The van der Waals surface area contributed by atoms with E-state index in [1.165, 1.54) is 0 Å². The smallest absolute Gasteiger partial charge is 0.117 e. The Hall–Kier alpha value is -1.59. The molecule has 2 aromatic rings. The van der Waals surface area contributed by atoms with Crippen LogP contribution in [0.15, 0.2) is 35.2 Å². The summed E-state index contributed by atoms with van der Waals surface area (Å²) in [6, 6.07) is 4.07. The fourth-order valence-corrected chi connectivity index (χ4v) is 2.45. The van der Waals surface area contributed by atoms with Crippen LogP contribution >= 0.6 is 0 Å². The molecule has 0 aliphatic carbocycles. The third kappa shape index (κ3) is 3.24. The van der Waals surface area contributed by atoms with E-state index in [1.54, 1.807) is 6.26 Å². The van der Waals surface area contributed by atoms with Crippen LogP contribution in [0.5, 0.6) is 0 Å². The summed E-state index contributed by atoms with van der Waals surface area (Å²) in [6.45, 7) is 5.82. The number of aromatic nitrogens is 2. The Morgan fingerprint density at radius 2 is 2.32 bits per heavy atom. The highest BCUT2D eigenvalue weighted by Gasteiger charge is 2.24. The first-order chi connectivity index (χ1) is 9.11. The molecule has 5 nitrogen and oxygen atoms in total. The standard InChI is InChI=1S/C14H22N4O/c1-4-18(10-13-6-5-7-19-13)14(11(2)15)12-8-16-17(3)9-12/h5-9,11,14H,4,10,15H2,1-3H3. The molecule has 0 aliphatic rings. The maximum Gasteiger partial charge on any atom is 0.117 e. The van der Waals surface area contributed by atoms with E-state index in [-0.39, 0.29) is 12.1 Å². The van der Waals surface area contributed by atoms with Crippen LogP contribution in [0.3, 0.4) is 0 Å². The predicted molar refractivity (Wildman–Crippen MR) is 74.4 cm³/mol. The number of hydrogen-bond acceptors (Lipinski definition) is 4. The van der Waals surface area contributed by atoms with E-state index in [1.807, 2.05) is 43.2 Å². The van der Waals surface area contributed by atoms with Crippen LogP contribution in [0, 0.1) is 0 Å². The third-order valence-electron chi connectivity index (χ3n) is 3.30. The Morgan fingerprint density at radius 1 is 1.53 bits per heavy atom. The molecule has 0 aliphatic heterocycles. The first kappa shape index (κ1) is 13.8. The zero-order valence-electron chi connectivity index (χ0n) is 11.8. The van der Waals surface area contributed by atoms with Crippen LogP contribution in [0.25, 0.3) is 0 Å². The second-order valence-electron chi connectivity index (χ2n) is 4.89. The molecule has 2 N–H and O–H groups in total. The molecule has 0 aromatic carbocycles. The van der Waals surface area contributed by atoms with E-state index >= 15 is 0 Å². The lowest BCUT2D eigenvalue weighted by Gasteiger charge is -2.32.